The van der Waals surface area contributed by atoms with E-state index in [1.54, 1.807) is 12.1 Å². The van der Waals surface area contributed by atoms with Gasteiger partial charge in [-0.15, -0.1) is 0 Å². The largest absolute Gasteiger partial charge is 0.461 e. The molecule has 1 saturated heterocycles. The molecular formula is C16H19BFNO2. The van der Waals surface area contributed by atoms with Gasteiger partial charge in [-0.3, -0.25) is 0 Å². The van der Waals surface area contributed by atoms with E-state index in [0.29, 0.717) is 0 Å². The van der Waals surface area contributed by atoms with Gasteiger partial charge in [0.15, 0.2) is 0 Å². The quantitative estimate of drug-likeness (QED) is 0.780. The highest BCUT2D eigenvalue weighted by Gasteiger charge is 2.59. The first-order chi connectivity index (χ1) is 9.75. The van der Waals surface area contributed by atoms with Crippen molar-refractivity contribution < 1.29 is 13.7 Å². The lowest BCUT2D eigenvalue weighted by atomic mass is 9.79. The molecule has 2 unspecified atom stereocenters. The minimum Gasteiger partial charge on any atom is -0.403 e. The Kier molecular flexibility index (Phi) is 3.16. The first-order valence-electron chi connectivity index (χ1n) is 7.30. The maximum atomic E-state index is 13.4. The van der Waals surface area contributed by atoms with Crippen LogP contribution < -0.4 is 0 Å². The third kappa shape index (κ3) is 2.37. The van der Waals surface area contributed by atoms with Crippen molar-refractivity contribution in [3.05, 3.63) is 35.1 Å². The minimum atomic E-state index is -0.464. The van der Waals surface area contributed by atoms with E-state index < -0.39 is 5.82 Å². The van der Waals surface area contributed by atoms with E-state index in [4.69, 9.17) is 14.6 Å². The molecule has 2 fully saturated rings. The summed E-state index contributed by atoms with van der Waals surface area (Å²) in [7, 11) is -0.226. The van der Waals surface area contributed by atoms with Crippen LogP contribution in [0, 0.1) is 17.1 Å². The molecule has 1 aliphatic heterocycles. The molecule has 5 heteroatoms. The van der Waals surface area contributed by atoms with Crippen LogP contribution in [0.4, 0.5) is 4.39 Å². The highest BCUT2D eigenvalue weighted by molar-refractivity contribution is 6.49. The van der Waals surface area contributed by atoms with Crippen LogP contribution in [0.2, 0.25) is 5.82 Å². The van der Waals surface area contributed by atoms with Gasteiger partial charge in [0.2, 0.25) is 0 Å². The van der Waals surface area contributed by atoms with Crippen LogP contribution in [0.15, 0.2) is 18.2 Å². The van der Waals surface area contributed by atoms with Gasteiger partial charge in [0.05, 0.1) is 16.8 Å². The fourth-order valence-corrected chi connectivity index (χ4v) is 2.82. The van der Waals surface area contributed by atoms with Gasteiger partial charge in [0.1, 0.15) is 11.9 Å². The number of hydrogen-bond donors (Lipinski definition) is 0. The van der Waals surface area contributed by atoms with Crippen molar-refractivity contribution in [3.63, 3.8) is 0 Å². The van der Waals surface area contributed by atoms with Crippen LogP contribution in [0.1, 0.15) is 51.2 Å². The number of rotatable bonds is 2. The second-order valence-electron chi connectivity index (χ2n) is 6.98. The van der Waals surface area contributed by atoms with E-state index in [2.05, 4.69) is 0 Å². The van der Waals surface area contributed by atoms with E-state index in [1.165, 1.54) is 6.07 Å². The Morgan fingerprint density at radius 3 is 2.43 bits per heavy atom. The van der Waals surface area contributed by atoms with Crippen molar-refractivity contribution in [2.24, 2.45) is 0 Å². The first kappa shape index (κ1) is 14.6. The molecule has 0 aromatic heterocycles. The first-order valence-corrected chi connectivity index (χ1v) is 7.30. The lowest BCUT2D eigenvalue weighted by Crippen LogP contribution is -2.41. The molecular weight excluding hydrogens is 268 g/mol. The van der Waals surface area contributed by atoms with E-state index in [9.17, 15) is 4.39 Å². The van der Waals surface area contributed by atoms with Crippen LogP contribution in [-0.2, 0) is 9.31 Å². The SMILES string of the molecule is CC1(C)OB(C2CC2c2ccc(F)c(C#N)c2)OC1(C)C. The lowest BCUT2D eigenvalue weighted by Gasteiger charge is -2.32. The molecule has 1 heterocycles. The number of benzene rings is 1. The minimum absolute atomic E-state index is 0.104. The van der Waals surface area contributed by atoms with Gasteiger partial charge in [0, 0.05) is 5.82 Å². The van der Waals surface area contributed by atoms with Crippen molar-refractivity contribution in [1.29, 1.82) is 5.26 Å². The van der Waals surface area contributed by atoms with Crippen molar-refractivity contribution >= 4 is 7.12 Å². The molecule has 3 nitrogen and oxygen atoms in total. The van der Waals surface area contributed by atoms with Crippen molar-refractivity contribution in [2.45, 2.75) is 57.1 Å². The van der Waals surface area contributed by atoms with Gasteiger partial charge in [-0.25, -0.2) is 4.39 Å². The third-order valence-corrected chi connectivity index (χ3v) is 5.00. The molecule has 2 atom stereocenters. The molecule has 0 radical (unpaired) electrons. The van der Waals surface area contributed by atoms with Crippen LogP contribution in [0.25, 0.3) is 0 Å². The summed E-state index contributed by atoms with van der Waals surface area (Å²) in [6.07, 6.45) is 0.952. The zero-order valence-corrected chi connectivity index (χ0v) is 12.8. The molecule has 1 saturated carbocycles. The van der Waals surface area contributed by atoms with Gasteiger partial charge < -0.3 is 9.31 Å². The summed E-state index contributed by atoms with van der Waals surface area (Å²) in [6.45, 7) is 8.15. The van der Waals surface area contributed by atoms with E-state index in [-0.39, 0.29) is 35.6 Å². The van der Waals surface area contributed by atoms with Gasteiger partial charge in [0.25, 0.3) is 0 Å². The lowest BCUT2D eigenvalue weighted by molar-refractivity contribution is 0.00578. The Hall–Kier alpha value is -1.38. The summed E-state index contributed by atoms with van der Waals surface area (Å²) in [5, 5.41) is 8.92. The Morgan fingerprint density at radius 2 is 1.86 bits per heavy atom. The highest BCUT2D eigenvalue weighted by atomic mass is 19.1. The molecule has 0 N–H and O–H groups in total. The van der Waals surface area contributed by atoms with Crippen molar-refractivity contribution in [2.75, 3.05) is 0 Å². The Balaban J connectivity index is 1.75. The number of hydrogen-bond acceptors (Lipinski definition) is 3. The molecule has 21 heavy (non-hydrogen) atoms. The monoisotopic (exact) mass is 287 g/mol. The Labute approximate surface area is 125 Å². The van der Waals surface area contributed by atoms with Crippen LogP contribution >= 0.6 is 0 Å². The average molecular weight is 287 g/mol. The molecule has 3 rings (SSSR count). The van der Waals surface area contributed by atoms with Crippen LogP contribution in [0.3, 0.4) is 0 Å². The van der Waals surface area contributed by atoms with E-state index in [0.717, 1.165) is 12.0 Å². The fourth-order valence-electron chi connectivity index (χ4n) is 2.82. The highest BCUT2D eigenvalue weighted by Crippen LogP contribution is 2.58. The van der Waals surface area contributed by atoms with E-state index in [1.807, 2.05) is 33.8 Å². The summed E-state index contributed by atoms with van der Waals surface area (Å²) < 4.78 is 25.5. The van der Waals surface area contributed by atoms with Crippen molar-refractivity contribution in [3.8, 4) is 6.07 Å². The number of nitriles is 1. The standard InChI is InChI=1S/C16H19BFNO2/c1-15(2)16(3,4)21-17(20-15)13-8-12(13)10-5-6-14(18)11(7-10)9-19/h5-7,12-13H,8H2,1-4H3. The summed E-state index contributed by atoms with van der Waals surface area (Å²) in [5.74, 6) is 0.101. The molecule has 1 aromatic carbocycles. The van der Waals surface area contributed by atoms with Crippen molar-refractivity contribution in [1.82, 2.24) is 0 Å². The van der Waals surface area contributed by atoms with Gasteiger partial charge in [-0.1, -0.05) is 6.07 Å². The average Bonchev–Trinajstić information content (AvgIpc) is 3.14. The van der Waals surface area contributed by atoms with Crippen LogP contribution in [-0.4, -0.2) is 18.3 Å². The molecule has 0 spiro atoms. The molecule has 0 bridgehead atoms. The predicted octanol–water partition coefficient (Wildman–Crippen LogP) is 3.65. The summed E-state index contributed by atoms with van der Waals surface area (Å²) in [5.41, 5.74) is 0.441. The Bertz CT molecular complexity index is 607. The maximum absolute atomic E-state index is 13.4. The third-order valence-electron chi connectivity index (χ3n) is 5.00. The van der Waals surface area contributed by atoms with Gasteiger partial charge in [-0.05, 0) is 57.7 Å². The zero-order chi connectivity index (χ0) is 15.4. The molecule has 1 aliphatic carbocycles. The van der Waals surface area contributed by atoms with Gasteiger partial charge >= 0.3 is 7.12 Å². The molecule has 2 aliphatic rings. The smallest absolute Gasteiger partial charge is 0.403 e. The van der Waals surface area contributed by atoms with E-state index >= 15 is 0 Å². The zero-order valence-electron chi connectivity index (χ0n) is 12.8. The topological polar surface area (TPSA) is 42.2 Å². The van der Waals surface area contributed by atoms with Crippen LogP contribution in [0.5, 0.6) is 0 Å². The normalized spacial score (nSPS) is 29.2. The molecule has 110 valence electrons. The summed E-state index contributed by atoms with van der Waals surface area (Å²) >= 11 is 0. The predicted molar refractivity (Wildman–Crippen MR) is 78.3 cm³/mol. The second kappa shape index (κ2) is 4.56. The number of nitrogens with zero attached hydrogens (tertiary/aromatic N) is 1. The number of halogens is 1. The summed E-state index contributed by atoms with van der Waals surface area (Å²) in [4.78, 5) is 0. The second-order valence-corrected chi connectivity index (χ2v) is 6.98. The van der Waals surface area contributed by atoms with Gasteiger partial charge in [-0.2, -0.15) is 5.26 Å². The summed E-state index contributed by atoms with van der Waals surface area (Å²) in [6, 6.07) is 6.66. The maximum Gasteiger partial charge on any atom is 0.461 e. The molecule has 1 aromatic rings. The fraction of sp³-hybridized carbons (Fsp3) is 0.562. The molecule has 0 amide bonds. The Morgan fingerprint density at radius 1 is 1.24 bits per heavy atom.